The molecule has 31 heavy (non-hydrogen) atoms. The van der Waals surface area contributed by atoms with Crippen molar-refractivity contribution >= 4 is 17.1 Å². The normalized spacial score (nSPS) is 14.3. The fourth-order valence-corrected chi connectivity index (χ4v) is 4.10. The SMILES string of the molecule is COc1ccc(N2CCCN(c3ccc(C)cc3)CC2)c(-c2ccc(N(C)C)cc2)n1. The zero-order valence-corrected chi connectivity index (χ0v) is 19.0. The smallest absolute Gasteiger partial charge is 0.213 e. The van der Waals surface area contributed by atoms with E-state index in [2.05, 4.69) is 90.3 Å². The number of methoxy groups -OCH3 is 1. The van der Waals surface area contributed by atoms with Crippen LogP contribution in [0.1, 0.15) is 12.0 Å². The summed E-state index contributed by atoms with van der Waals surface area (Å²) in [7, 11) is 5.79. The number of hydrogen-bond acceptors (Lipinski definition) is 5. The lowest BCUT2D eigenvalue weighted by atomic mass is 10.1. The maximum atomic E-state index is 5.44. The molecule has 0 bridgehead atoms. The summed E-state index contributed by atoms with van der Waals surface area (Å²) in [5, 5.41) is 0. The summed E-state index contributed by atoms with van der Waals surface area (Å²) < 4.78 is 5.44. The molecule has 3 aromatic rings. The molecule has 162 valence electrons. The predicted molar refractivity (Wildman–Crippen MR) is 131 cm³/mol. The van der Waals surface area contributed by atoms with Gasteiger partial charge < -0.3 is 19.4 Å². The number of anilines is 3. The number of aromatic nitrogens is 1. The fourth-order valence-electron chi connectivity index (χ4n) is 4.10. The van der Waals surface area contributed by atoms with Gasteiger partial charge in [0.05, 0.1) is 18.5 Å². The number of pyridine rings is 1. The third-order valence-corrected chi connectivity index (χ3v) is 5.95. The quantitative estimate of drug-likeness (QED) is 0.594. The Morgan fingerprint density at radius 3 is 2.16 bits per heavy atom. The number of hydrogen-bond donors (Lipinski definition) is 0. The van der Waals surface area contributed by atoms with E-state index in [0.29, 0.717) is 5.88 Å². The van der Waals surface area contributed by atoms with Crippen LogP contribution in [0.3, 0.4) is 0 Å². The summed E-state index contributed by atoms with van der Waals surface area (Å²) in [4.78, 5) is 11.9. The number of ether oxygens (including phenoxy) is 1. The van der Waals surface area contributed by atoms with Gasteiger partial charge in [-0.3, -0.25) is 0 Å². The molecule has 0 unspecified atom stereocenters. The largest absolute Gasteiger partial charge is 0.481 e. The van der Waals surface area contributed by atoms with Crippen molar-refractivity contribution in [3.8, 4) is 17.1 Å². The van der Waals surface area contributed by atoms with Crippen molar-refractivity contribution in [3.63, 3.8) is 0 Å². The lowest BCUT2D eigenvalue weighted by molar-refractivity contribution is 0.398. The van der Waals surface area contributed by atoms with E-state index < -0.39 is 0 Å². The maximum absolute atomic E-state index is 5.44. The maximum Gasteiger partial charge on any atom is 0.213 e. The minimum Gasteiger partial charge on any atom is -0.481 e. The van der Waals surface area contributed by atoms with Crippen LogP contribution in [0, 0.1) is 6.92 Å². The minimum absolute atomic E-state index is 0.645. The highest BCUT2D eigenvalue weighted by Crippen LogP contribution is 2.33. The first-order valence-corrected chi connectivity index (χ1v) is 10.9. The molecule has 0 N–H and O–H groups in total. The molecule has 0 amide bonds. The van der Waals surface area contributed by atoms with E-state index in [1.54, 1.807) is 7.11 Å². The summed E-state index contributed by atoms with van der Waals surface area (Å²) in [6.07, 6.45) is 1.11. The van der Waals surface area contributed by atoms with Gasteiger partial charge in [0.25, 0.3) is 0 Å². The van der Waals surface area contributed by atoms with Gasteiger partial charge in [0.15, 0.2) is 0 Å². The highest BCUT2D eigenvalue weighted by Gasteiger charge is 2.20. The molecule has 0 radical (unpaired) electrons. The molecular weight excluding hydrogens is 384 g/mol. The summed E-state index contributed by atoms with van der Waals surface area (Å²) in [6.45, 7) is 6.17. The molecule has 1 fully saturated rings. The Morgan fingerprint density at radius 1 is 0.806 bits per heavy atom. The van der Waals surface area contributed by atoms with Gasteiger partial charge in [-0.2, -0.15) is 0 Å². The van der Waals surface area contributed by atoms with Crippen molar-refractivity contribution < 1.29 is 4.74 Å². The second kappa shape index (κ2) is 9.29. The van der Waals surface area contributed by atoms with E-state index >= 15 is 0 Å². The molecule has 2 heterocycles. The van der Waals surface area contributed by atoms with Crippen molar-refractivity contribution in [2.45, 2.75) is 13.3 Å². The van der Waals surface area contributed by atoms with Crippen LogP contribution >= 0.6 is 0 Å². The molecule has 4 rings (SSSR count). The summed E-state index contributed by atoms with van der Waals surface area (Å²) in [6, 6.07) is 21.6. The van der Waals surface area contributed by atoms with Crippen molar-refractivity contribution in [2.75, 3.05) is 62.1 Å². The van der Waals surface area contributed by atoms with E-state index in [4.69, 9.17) is 9.72 Å². The van der Waals surface area contributed by atoms with E-state index in [1.807, 2.05) is 6.07 Å². The first-order valence-electron chi connectivity index (χ1n) is 10.9. The molecule has 1 aliphatic rings. The van der Waals surface area contributed by atoms with E-state index in [-0.39, 0.29) is 0 Å². The Bertz CT molecular complexity index is 999. The van der Waals surface area contributed by atoms with Crippen LogP contribution in [-0.4, -0.2) is 52.4 Å². The van der Waals surface area contributed by atoms with Crippen LogP contribution in [0.2, 0.25) is 0 Å². The Morgan fingerprint density at radius 2 is 1.48 bits per heavy atom. The third-order valence-electron chi connectivity index (χ3n) is 5.95. The Kier molecular flexibility index (Phi) is 6.31. The highest BCUT2D eigenvalue weighted by molar-refractivity contribution is 5.77. The second-order valence-corrected chi connectivity index (χ2v) is 8.33. The van der Waals surface area contributed by atoms with Gasteiger partial charge in [-0.05, 0) is 43.7 Å². The van der Waals surface area contributed by atoms with Crippen LogP contribution in [0.5, 0.6) is 5.88 Å². The van der Waals surface area contributed by atoms with Crippen molar-refractivity contribution in [2.24, 2.45) is 0 Å². The lowest BCUT2D eigenvalue weighted by Gasteiger charge is -2.26. The van der Waals surface area contributed by atoms with Gasteiger partial charge in [-0.25, -0.2) is 4.98 Å². The molecule has 0 saturated carbocycles. The van der Waals surface area contributed by atoms with Gasteiger partial charge in [-0.1, -0.05) is 29.8 Å². The fraction of sp³-hybridized carbons (Fsp3) is 0.346. The Balaban J connectivity index is 1.60. The summed E-state index contributed by atoms with van der Waals surface area (Å²) in [5.74, 6) is 0.645. The Labute approximate surface area is 185 Å². The molecule has 5 heteroatoms. The topological polar surface area (TPSA) is 31.8 Å². The van der Waals surface area contributed by atoms with Gasteiger partial charge in [-0.15, -0.1) is 0 Å². The molecule has 0 spiro atoms. The summed E-state index contributed by atoms with van der Waals surface area (Å²) in [5.41, 5.74) is 7.04. The average Bonchev–Trinajstić information content (AvgIpc) is 3.05. The zero-order valence-electron chi connectivity index (χ0n) is 19.0. The highest BCUT2D eigenvalue weighted by atomic mass is 16.5. The Hall–Kier alpha value is -3.21. The zero-order chi connectivity index (χ0) is 21.8. The first kappa shape index (κ1) is 21.0. The number of nitrogens with zero attached hydrogens (tertiary/aromatic N) is 4. The second-order valence-electron chi connectivity index (χ2n) is 8.33. The average molecular weight is 417 g/mol. The summed E-state index contributed by atoms with van der Waals surface area (Å²) >= 11 is 0. The number of benzene rings is 2. The molecule has 2 aromatic carbocycles. The van der Waals surface area contributed by atoms with Crippen LogP contribution in [0.4, 0.5) is 17.1 Å². The molecule has 0 atom stereocenters. The first-order chi connectivity index (χ1) is 15.0. The van der Waals surface area contributed by atoms with Crippen molar-refractivity contribution in [3.05, 3.63) is 66.2 Å². The molecular formula is C26H32N4O. The lowest BCUT2D eigenvalue weighted by Crippen LogP contribution is -2.31. The molecule has 5 nitrogen and oxygen atoms in total. The van der Waals surface area contributed by atoms with E-state index in [9.17, 15) is 0 Å². The molecule has 1 aromatic heterocycles. The van der Waals surface area contributed by atoms with Gasteiger partial charge in [0, 0.05) is 63.3 Å². The van der Waals surface area contributed by atoms with Crippen LogP contribution in [0.25, 0.3) is 11.3 Å². The van der Waals surface area contributed by atoms with Crippen molar-refractivity contribution in [1.82, 2.24) is 4.98 Å². The molecule has 1 aliphatic heterocycles. The van der Waals surface area contributed by atoms with Crippen LogP contribution < -0.4 is 19.4 Å². The van der Waals surface area contributed by atoms with Gasteiger partial charge in [0.2, 0.25) is 5.88 Å². The third kappa shape index (κ3) is 4.76. The van der Waals surface area contributed by atoms with Gasteiger partial charge in [0.1, 0.15) is 0 Å². The number of aryl methyl sites for hydroxylation is 1. The molecule has 0 aliphatic carbocycles. The van der Waals surface area contributed by atoms with Crippen molar-refractivity contribution in [1.29, 1.82) is 0 Å². The number of rotatable bonds is 5. The molecule has 1 saturated heterocycles. The van der Waals surface area contributed by atoms with Crippen LogP contribution in [0.15, 0.2) is 60.7 Å². The van der Waals surface area contributed by atoms with E-state index in [0.717, 1.165) is 43.9 Å². The van der Waals surface area contributed by atoms with E-state index in [1.165, 1.54) is 22.6 Å². The standard InChI is InChI=1S/C26H32N4O/c1-20-6-10-23(11-7-20)29-16-5-17-30(19-18-29)24-14-15-25(31-4)27-26(24)21-8-12-22(13-9-21)28(2)3/h6-15H,5,16-19H2,1-4H3. The minimum atomic E-state index is 0.645. The predicted octanol–water partition coefficient (Wildman–Crippen LogP) is 4.85. The monoisotopic (exact) mass is 416 g/mol. The van der Waals surface area contributed by atoms with Crippen LogP contribution in [-0.2, 0) is 0 Å². The van der Waals surface area contributed by atoms with Gasteiger partial charge >= 0.3 is 0 Å².